The third kappa shape index (κ3) is 15.4. The molecule has 2 aromatic rings. The molecule has 3 atom stereocenters. The lowest BCUT2D eigenvalue weighted by Crippen LogP contribution is -3.10. The average molecular weight is 848 g/mol. The van der Waals surface area contributed by atoms with Crippen LogP contribution in [0.1, 0.15) is 115 Å². The van der Waals surface area contributed by atoms with Crippen LogP contribution in [0.4, 0.5) is 10.1 Å². The largest absolute Gasteiger partial charge is 0.469 e. The van der Waals surface area contributed by atoms with E-state index in [0.717, 1.165) is 70.5 Å². The molecule has 5 N–H and O–H groups in total. The summed E-state index contributed by atoms with van der Waals surface area (Å²) in [5.74, 6) is -0.933. The zero-order chi connectivity index (χ0) is 45.5. The number of ether oxygens (including phenoxy) is 1. The van der Waals surface area contributed by atoms with E-state index in [0.29, 0.717) is 61.9 Å². The smallest absolute Gasteiger partial charge is 0.305 e. The third-order valence-electron chi connectivity index (χ3n) is 11.4. The number of amides is 2. The molecule has 334 valence electrons. The Morgan fingerprint density at radius 2 is 1.56 bits per heavy atom. The predicted octanol–water partition coefficient (Wildman–Crippen LogP) is 5.13. The minimum atomic E-state index is -0.641. The number of hydrogen-bond acceptors (Lipinski definition) is 8. The van der Waals surface area contributed by atoms with Crippen LogP contribution in [0.3, 0.4) is 0 Å². The molecule has 0 fully saturated rings. The number of fused-ring (bicyclic) bond motifs is 1. The van der Waals surface area contributed by atoms with Crippen molar-refractivity contribution in [3.05, 3.63) is 82.3 Å². The van der Waals surface area contributed by atoms with Crippen LogP contribution >= 0.6 is 0 Å². The van der Waals surface area contributed by atoms with Crippen LogP contribution in [0.2, 0.25) is 0 Å². The summed E-state index contributed by atoms with van der Waals surface area (Å²) in [6, 6.07) is 11.9. The highest BCUT2D eigenvalue weighted by atomic mass is 19.1. The maximum absolute atomic E-state index is 14.5. The zero-order valence-electron chi connectivity index (χ0n) is 37.9. The van der Waals surface area contributed by atoms with Gasteiger partial charge in [0.05, 0.1) is 58.0 Å². The fraction of sp³-hybridized carbons (Fsp3) is 0.542. The van der Waals surface area contributed by atoms with Gasteiger partial charge in [-0.05, 0) is 103 Å². The molecule has 0 spiro atoms. The van der Waals surface area contributed by atoms with Gasteiger partial charge in [-0.15, -0.1) is 0 Å². The van der Waals surface area contributed by atoms with Gasteiger partial charge in [0.15, 0.2) is 5.78 Å². The normalized spacial score (nSPS) is 17.7. The van der Waals surface area contributed by atoms with Crippen LogP contribution in [0.15, 0.2) is 59.8 Å². The van der Waals surface area contributed by atoms with Gasteiger partial charge < -0.3 is 35.2 Å². The van der Waals surface area contributed by atoms with E-state index in [2.05, 4.69) is 50.4 Å². The second kappa shape index (κ2) is 23.3. The number of methoxy groups -OCH3 is 1. The number of unbranched alkanes of at least 4 members (excludes halogenated alkanes) is 3. The van der Waals surface area contributed by atoms with E-state index in [9.17, 15) is 33.2 Å². The molecule has 0 bridgehead atoms. The summed E-state index contributed by atoms with van der Waals surface area (Å²) in [5.41, 5.74) is 11.4. The van der Waals surface area contributed by atoms with E-state index >= 15 is 0 Å². The van der Waals surface area contributed by atoms with Crippen molar-refractivity contribution in [3.63, 3.8) is 0 Å². The van der Waals surface area contributed by atoms with Crippen molar-refractivity contribution in [1.82, 2.24) is 10.6 Å². The van der Waals surface area contributed by atoms with Gasteiger partial charge in [-0.1, -0.05) is 29.8 Å². The number of rotatable bonds is 22. The standard InChI is InChI=1S/C42H58FN5O5.C6H10O2/c1-28-17-19-29(20-18-28)38-39(44)31(40(38)51)27-35-42(2,3)32-26-30(43)21-22-34(32)47(35)24-11-8-9-15-36(49)46-33(14-10-12-25-48(4,5)6)41(52)45-23-13-16-37(50)53-7;1-5(7)3-4-6(2)8/h17-22,26-27,33,35H,8-16,23-25H2,1-7H3,(H3-,44,45,46,49,51,52);3-4H2,1-2H3/p+2/b31-27-;. The van der Waals surface area contributed by atoms with Gasteiger partial charge in [0.25, 0.3) is 0 Å². The Labute approximate surface area is 362 Å². The van der Waals surface area contributed by atoms with Gasteiger partial charge in [0, 0.05) is 49.4 Å². The second-order valence-electron chi connectivity index (χ2n) is 18.0. The second-order valence-corrected chi connectivity index (χ2v) is 18.0. The van der Waals surface area contributed by atoms with Gasteiger partial charge in [-0.25, -0.2) is 4.39 Å². The van der Waals surface area contributed by atoms with E-state index in [4.69, 9.17) is 5.73 Å². The lowest BCUT2D eigenvalue weighted by molar-refractivity contribution is -0.870. The molecule has 2 aromatic carbocycles. The predicted molar refractivity (Wildman–Crippen MR) is 236 cm³/mol. The Kier molecular flexibility index (Phi) is 19.2. The van der Waals surface area contributed by atoms with E-state index in [1.165, 1.54) is 27.0 Å². The summed E-state index contributed by atoms with van der Waals surface area (Å²) in [4.78, 5) is 72.5. The van der Waals surface area contributed by atoms with Crippen molar-refractivity contribution < 1.29 is 47.3 Å². The highest BCUT2D eigenvalue weighted by molar-refractivity contribution is 6.39. The first-order valence-electron chi connectivity index (χ1n) is 21.6. The molecule has 2 aliphatic rings. The summed E-state index contributed by atoms with van der Waals surface area (Å²) in [7, 11) is 7.71. The number of ketones is 3. The number of nitrogens with zero attached hydrogens (tertiary/aromatic N) is 1. The molecule has 0 saturated carbocycles. The molecule has 2 amide bonds. The van der Waals surface area contributed by atoms with Crippen molar-refractivity contribution in [2.45, 2.75) is 123 Å². The summed E-state index contributed by atoms with van der Waals surface area (Å²) in [6.45, 7) is 11.2. The highest BCUT2D eigenvalue weighted by Gasteiger charge is 2.49. The summed E-state index contributed by atoms with van der Waals surface area (Å²) < 4.78 is 20.0. The molecule has 1 aliphatic heterocycles. The van der Waals surface area contributed by atoms with E-state index in [1.54, 1.807) is 6.07 Å². The van der Waals surface area contributed by atoms with Crippen LogP contribution in [-0.2, 0) is 38.9 Å². The molecule has 13 heteroatoms. The lowest BCUT2D eigenvalue weighted by atomic mass is 9.76. The molecule has 0 saturated heterocycles. The third-order valence-corrected chi connectivity index (χ3v) is 11.4. The Bertz CT molecular complexity index is 1930. The first-order valence-corrected chi connectivity index (χ1v) is 21.6. The number of quaternary nitrogens is 2. The van der Waals surface area contributed by atoms with E-state index in [-0.39, 0.29) is 53.4 Å². The molecular weight excluding hydrogens is 778 g/mol. The van der Waals surface area contributed by atoms with Crippen LogP contribution < -0.4 is 21.3 Å². The molecule has 1 aliphatic carbocycles. The number of hydrogen-bond donors (Lipinski definition) is 4. The summed E-state index contributed by atoms with van der Waals surface area (Å²) >= 11 is 0. The lowest BCUT2D eigenvalue weighted by Gasteiger charge is -2.31. The molecule has 4 rings (SSSR count). The number of esters is 1. The van der Waals surface area contributed by atoms with Gasteiger partial charge in [0.1, 0.15) is 35.2 Å². The first kappa shape index (κ1) is 50.3. The Morgan fingerprint density at radius 3 is 2.15 bits per heavy atom. The van der Waals surface area contributed by atoms with Gasteiger partial charge in [-0.2, -0.15) is 0 Å². The number of Topliss-reactive ketones (excluding diaryl/α,β-unsaturated/α-hetero) is 3. The Balaban J connectivity index is 0.00000112. The van der Waals surface area contributed by atoms with Crippen LogP contribution in [0.5, 0.6) is 0 Å². The van der Waals surface area contributed by atoms with Crippen LogP contribution in [0.25, 0.3) is 5.57 Å². The number of allylic oxidation sites excluding steroid dienone is 2. The molecule has 12 nitrogen and oxygen atoms in total. The molecule has 0 radical (unpaired) electrons. The maximum Gasteiger partial charge on any atom is 0.305 e. The fourth-order valence-electron chi connectivity index (χ4n) is 7.76. The monoisotopic (exact) mass is 848 g/mol. The zero-order valence-corrected chi connectivity index (χ0v) is 37.9. The van der Waals surface area contributed by atoms with Gasteiger partial charge in [-0.3, -0.25) is 24.1 Å². The quantitative estimate of drug-likeness (QED) is 0.0549. The topological polar surface area (TPSA) is 166 Å². The number of aryl methyl sites for hydroxylation is 1. The number of nitrogens with one attached hydrogen (secondary N) is 3. The number of carbonyl (C=O) groups is 6. The fourth-order valence-corrected chi connectivity index (χ4v) is 7.76. The number of benzene rings is 2. The average Bonchev–Trinajstić information content (AvgIpc) is 3.39. The van der Waals surface area contributed by atoms with Gasteiger partial charge in [0.2, 0.25) is 11.8 Å². The Hall–Kier alpha value is -5.01. The summed E-state index contributed by atoms with van der Waals surface area (Å²) in [5, 5.41) is 5.83. The number of halogens is 1. The molecular formula is C48H70FN5O7+2. The van der Waals surface area contributed by atoms with Crippen molar-refractivity contribution in [2.24, 2.45) is 5.73 Å². The van der Waals surface area contributed by atoms with Crippen LogP contribution in [0, 0.1) is 12.7 Å². The molecule has 61 heavy (non-hydrogen) atoms. The van der Waals surface area contributed by atoms with E-state index in [1.807, 2.05) is 43.3 Å². The molecule has 0 aromatic heterocycles. The first-order chi connectivity index (χ1) is 28.7. The minimum absolute atomic E-state index is 0.0730. The molecule has 1 heterocycles. The minimum Gasteiger partial charge on any atom is -0.469 e. The van der Waals surface area contributed by atoms with Crippen molar-refractivity contribution in [2.75, 3.05) is 47.9 Å². The highest BCUT2D eigenvalue weighted by Crippen LogP contribution is 2.41. The Morgan fingerprint density at radius 1 is 0.902 bits per heavy atom. The molecule has 3 unspecified atom stereocenters. The van der Waals surface area contributed by atoms with Crippen LogP contribution in [-0.4, -0.2) is 99.6 Å². The van der Waals surface area contributed by atoms with Crippen molar-refractivity contribution in [1.29, 1.82) is 0 Å². The van der Waals surface area contributed by atoms with E-state index < -0.39 is 11.5 Å². The number of carbonyl (C=O) groups excluding carboxylic acids is 6. The number of nitrogens with two attached hydrogens (primary N) is 1. The van der Waals surface area contributed by atoms with Crippen molar-refractivity contribution >= 4 is 46.4 Å². The van der Waals surface area contributed by atoms with Gasteiger partial charge >= 0.3 is 5.97 Å². The van der Waals surface area contributed by atoms with Crippen molar-refractivity contribution in [3.8, 4) is 0 Å². The maximum atomic E-state index is 14.5. The SMILES string of the molecule is CC(=O)CCC(C)=O.COC(=O)CCCNC(=O)C(CCCC[N+](C)(C)C)NC(=O)CCCCC[NH+]1c2ccc(F)cc2C(C)(C)C1/C=C1\C(=O)C(c2ccc(C)cc2)=C1N. The summed E-state index contributed by atoms with van der Waals surface area (Å²) in [6.07, 6.45) is 8.24.